The first-order valence-electron chi connectivity index (χ1n) is 20.4. The molecule has 59 heavy (non-hydrogen) atoms. The maximum absolute atomic E-state index is 14.9. The number of aliphatic hydroxyl groups is 1. The first-order chi connectivity index (χ1) is 28.9. The molecule has 0 radical (unpaired) electrons. The minimum Gasteiger partial charge on any atom is -0.491 e. The maximum Gasteiger partial charge on any atom is 0.131 e. The summed E-state index contributed by atoms with van der Waals surface area (Å²) < 4.78 is 46.3. The molecule has 302 valence electrons. The highest BCUT2D eigenvalue weighted by molar-refractivity contribution is 5.73. The average Bonchev–Trinajstić information content (AvgIpc) is 3.27. The molecule has 0 aliphatic heterocycles. The maximum atomic E-state index is 14.9. The van der Waals surface area contributed by atoms with E-state index in [-0.39, 0.29) is 24.8 Å². The van der Waals surface area contributed by atoms with Gasteiger partial charge in [0.25, 0.3) is 0 Å². The van der Waals surface area contributed by atoms with Gasteiger partial charge in [0.2, 0.25) is 0 Å². The van der Waals surface area contributed by atoms with Crippen molar-refractivity contribution in [3.63, 3.8) is 0 Å². The van der Waals surface area contributed by atoms with E-state index in [4.69, 9.17) is 19.3 Å². The molecule has 7 aromatic carbocycles. The van der Waals surface area contributed by atoms with Gasteiger partial charge < -0.3 is 19.3 Å². The van der Waals surface area contributed by atoms with E-state index in [1.807, 2.05) is 127 Å². The van der Waals surface area contributed by atoms with Gasteiger partial charge in [-0.05, 0) is 99.3 Å². The smallest absolute Gasteiger partial charge is 0.131 e. The van der Waals surface area contributed by atoms with E-state index in [0.717, 1.165) is 70.4 Å². The summed E-state index contributed by atoms with van der Waals surface area (Å²) in [6.07, 6.45) is 4.29. The Labute approximate surface area is 347 Å². The number of hydrogen-bond donors (Lipinski definition) is 1. The third-order valence-corrected chi connectivity index (χ3v) is 9.89. The Morgan fingerprint density at radius 2 is 0.847 bits per heavy atom. The normalized spacial score (nSPS) is 10.8. The molecule has 0 saturated carbocycles. The second-order valence-corrected chi connectivity index (χ2v) is 14.3. The van der Waals surface area contributed by atoms with E-state index >= 15 is 0 Å². The second kappa shape index (κ2) is 22.2. The van der Waals surface area contributed by atoms with E-state index in [0.29, 0.717) is 36.7 Å². The van der Waals surface area contributed by atoms with E-state index in [2.05, 4.69) is 38.1 Å². The van der Waals surface area contributed by atoms with Gasteiger partial charge in [0.15, 0.2) is 0 Å². The molecule has 0 atom stereocenters. The first-order valence-corrected chi connectivity index (χ1v) is 20.4. The first kappa shape index (κ1) is 42.5. The Balaban J connectivity index is 0.000000204. The van der Waals surface area contributed by atoms with Crippen LogP contribution in [0.5, 0.6) is 11.5 Å². The van der Waals surface area contributed by atoms with Crippen molar-refractivity contribution in [2.24, 2.45) is 0 Å². The van der Waals surface area contributed by atoms with Crippen LogP contribution in [-0.2, 0) is 24.2 Å². The third kappa shape index (κ3) is 12.5. The fourth-order valence-corrected chi connectivity index (χ4v) is 6.77. The third-order valence-electron chi connectivity index (χ3n) is 9.89. The highest BCUT2D eigenvalue weighted by Gasteiger charge is 2.10. The molecule has 0 bridgehead atoms. The lowest BCUT2D eigenvalue weighted by molar-refractivity contribution is 0.0889. The second-order valence-electron chi connectivity index (χ2n) is 14.3. The van der Waals surface area contributed by atoms with Gasteiger partial charge in [0, 0.05) is 11.1 Å². The lowest BCUT2D eigenvalue weighted by Gasteiger charge is -2.10. The number of aliphatic hydroxyl groups excluding tert-OH is 1. The molecule has 0 aliphatic rings. The van der Waals surface area contributed by atoms with Crippen molar-refractivity contribution in [2.45, 2.75) is 46.1 Å². The van der Waals surface area contributed by atoms with Crippen LogP contribution in [0.4, 0.5) is 8.78 Å². The van der Waals surface area contributed by atoms with Crippen LogP contribution in [0.2, 0.25) is 0 Å². The molecular formula is C53H52F2O4. The van der Waals surface area contributed by atoms with Crippen molar-refractivity contribution in [3.8, 4) is 56.0 Å². The summed E-state index contributed by atoms with van der Waals surface area (Å²) in [4.78, 5) is 0. The zero-order valence-electron chi connectivity index (χ0n) is 33.9. The molecule has 0 aromatic heterocycles. The average molecular weight is 791 g/mol. The van der Waals surface area contributed by atoms with Crippen LogP contribution in [0.25, 0.3) is 44.5 Å². The molecule has 0 unspecified atom stereocenters. The van der Waals surface area contributed by atoms with E-state index < -0.39 is 0 Å². The molecule has 0 spiro atoms. The summed E-state index contributed by atoms with van der Waals surface area (Å²) in [5.41, 5.74) is 10.3. The van der Waals surface area contributed by atoms with Crippen molar-refractivity contribution in [2.75, 3.05) is 26.4 Å². The summed E-state index contributed by atoms with van der Waals surface area (Å²) in [6.45, 7) is 6.13. The van der Waals surface area contributed by atoms with Gasteiger partial charge in [-0.15, -0.1) is 0 Å². The molecular weight excluding hydrogens is 739 g/mol. The summed E-state index contributed by atoms with van der Waals surface area (Å²) in [5, 5.41) is 8.79. The van der Waals surface area contributed by atoms with Crippen LogP contribution in [0, 0.1) is 11.6 Å². The monoisotopic (exact) mass is 790 g/mol. The van der Waals surface area contributed by atoms with Crippen molar-refractivity contribution >= 4 is 0 Å². The molecule has 7 rings (SSSR count). The van der Waals surface area contributed by atoms with Crippen molar-refractivity contribution in [3.05, 3.63) is 192 Å². The Morgan fingerprint density at radius 3 is 1.27 bits per heavy atom. The molecule has 0 heterocycles. The number of rotatable bonds is 17. The predicted octanol–water partition coefficient (Wildman–Crippen LogP) is 13.2. The summed E-state index contributed by atoms with van der Waals surface area (Å²) >= 11 is 0. The lowest BCUT2D eigenvalue weighted by Crippen LogP contribution is -2.06. The van der Waals surface area contributed by atoms with Crippen molar-refractivity contribution in [1.29, 1.82) is 0 Å². The molecule has 0 amide bonds. The molecule has 6 heteroatoms. The van der Waals surface area contributed by atoms with E-state index in [1.54, 1.807) is 12.1 Å². The van der Waals surface area contributed by atoms with Gasteiger partial charge >= 0.3 is 0 Å². The van der Waals surface area contributed by atoms with Gasteiger partial charge in [0.05, 0.1) is 19.8 Å². The Morgan fingerprint density at radius 1 is 0.424 bits per heavy atom. The number of ether oxygens (including phenoxy) is 3. The standard InChI is InChI=1S/C30H29FO2.C23H23FO2/c1-2-6-23-9-11-26(12-10-23)29-18-15-27(21-30(29)31)25-13-16-28(17-14-25)33-20-19-32-22-24-7-4-3-5-8-24;1-2-3-17-4-6-19(7-5-17)22-13-10-20(16-23(22)24)18-8-11-21(12-9-18)26-15-14-25/h3-5,7-18,21H,2,6,19-20,22H2,1H3;4-13,16,25H,2-3,14-15H2,1H3. The predicted molar refractivity (Wildman–Crippen MR) is 237 cm³/mol. The van der Waals surface area contributed by atoms with Crippen LogP contribution in [0.1, 0.15) is 43.4 Å². The van der Waals surface area contributed by atoms with Gasteiger partial charge in [-0.25, -0.2) is 8.78 Å². The van der Waals surface area contributed by atoms with E-state index in [9.17, 15) is 8.78 Å². The Bertz CT molecular complexity index is 2310. The Hall–Kier alpha value is -6.08. The number of benzene rings is 7. The van der Waals surface area contributed by atoms with Gasteiger partial charge in [-0.1, -0.05) is 154 Å². The molecule has 0 fully saturated rings. The number of halogens is 2. The quantitative estimate of drug-likeness (QED) is 0.0934. The highest BCUT2D eigenvalue weighted by Crippen LogP contribution is 2.31. The van der Waals surface area contributed by atoms with Crippen molar-refractivity contribution in [1.82, 2.24) is 0 Å². The van der Waals surface area contributed by atoms with Crippen molar-refractivity contribution < 1.29 is 28.1 Å². The Kier molecular flexibility index (Phi) is 16.0. The topological polar surface area (TPSA) is 47.9 Å². The van der Waals surface area contributed by atoms with Crippen LogP contribution >= 0.6 is 0 Å². The molecule has 1 N–H and O–H groups in total. The van der Waals surface area contributed by atoms with Crippen LogP contribution in [-0.4, -0.2) is 31.5 Å². The summed E-state index contributed by atoms with van der Waals surface area (Å²) in [5.74, 6) is 1.01. The summed E-state index contributed by atoms with van der Waals surface area (Å²) in [6, 6.07) is 52.2. The fraction of sp³-hybridized carbons (Fsp3) is 0.208. The largest absolute Gasteiger partial charge is 0.491 e. The van der Waals surface area contributed by atoms with Gasteiger partial charge in [0.1, 0.15) is 36.3 Å². The highest BCUT2D eigenvalue weighted by atomic mass is 19.1. The zero-order chi connectivity index (χ0) is 41.2. The fourth-order valence-electron chi connectivity index (χ4n) is 6.77. The van der Waals surface area contributed by atoms with Crippen LogP contribution in [0.15, 0.2) is 164 Å². The zero-order valence-corrected chi connectivity index (χ0v) is 33.9. The molecule has 0 aliphatic carbocycles. The number of aryl methyl sites for hydroxylation is 2. The summed E-state index contributed by atoms with van der Waals surface area (Å²) in [7, 11) is 0. The minimum absolute atomic E-state index is 0.0200. The van der Waals surface area contributed by atoms with Gasteiger partial charge in [-0.3, -0.25) is 0 Å². The molecule has 7 aromatic rings. The molecule has 0 saturated heterocycles. The SMILES string of the molecule is CCCc1ccc(-c2ccc(-c3ccc(OCCO)cc3)cc2F)cc1.CCCc1ccc(-c2ccc(-c3ccc(OCCOCc4ccccc4)cc3)cc2F)cc1. The minimum atomic E-state index is -0.230. The van der Waals surface area contributed by atoms with Crippen LogP contribution < -0.4 is 9.47 Å². The van der Waals surface area contributed by atoms with Gasteiger partial charge in [-0.2, -0.15) is 0 Å². The van der Waals surface area contributed by atoms with E-state index in [1.165, 1.54) is 11.1 Å². The lowest BCUT2D eigenvalue weighted by atomic mass is 9.98. The number of hydrogen-bond acceptors (Lipinski definition) is 4. The van der Waals surface area contributed by atoms with Crippen LogP contribution in [0.3, 0.4) is 0 Å². The molecule has 4 nitrogen and oxygen atoms in total.